The maximum atomic E-state index is 2.48. The molecule has 0 aliphatic heterocycles. The summed E-state index contributed by atoms with van der Waals surface area (Å²) in [6.07, 6.45) is 27.9. The molecule has 0 atom stereocenters. The molecule has 2 heteroatoms. The Labute approximate surface area is 172 Å². The third-order valence-electron chi connectivity index (χ3n) is 6.65. The van der Waals surface area contributed by atoms with E-state index in [0.29, 0.717) is 0 Å². The monoisotopic (exact) mass is 387 g/mol. The van der Waals surface area contributed by atoms with E-state index in [1.54, 1.807) is 0 Å². The second kappa shape index (κ2) is 17.4. The van der Waals surface area contributed by atoms with Crippen LogP contribution in [0.5, 0.6) is 0 Å². The average molecular weight is 388 g/mol. The highest BCUT2D eigenvalue weighted by Gasteiger charge is 2.28. The van der Waals surface area contributed by atoms with E-state index in [9.17, 15) is 0 Å². The van der Waals surface area contributed by atoms with Crippen molar-refractivity contribution in [1.29, 1.82) is 0 Å². The van der Waals surface area contributed by atoms with Gasteiger partial charge in [0.05, 0.1) is 26.7 Å². The summed E-state index contributed by atoms with van der Waals surface area (Å²) >= 11 is 0. The van der Waals surface area contributed by atoms with Gasteiger partial charge in [0.15, 0.2) is 0 Å². The molecule has 1 saturated carbocycles. The van der Waals surface area contributed by atoms with Crippen LogP contribution in [0.25, 0.3) is 0 Å². The van der Waals surface area contributed by atoms with Gasteiger partial charge >= 0.3 is 0 Å². The van der Waals surface area contributed by atoms with Crippen molar-refractivity contribution < 1.29 is 16.9 Å². The molecule has 0 heterocycles. The number of rotatable bonds is 16. The van der Waals surface area contributed by atoms with Gasteiger partial charge in [0.1, 0.15) is 0 Å². The van der Waals surface area contributed by atoms with Crippen molar-refractivity contribution in [2.24, 2.45) is 0 Å². The lowest BCUT2D eigenvalue weighted by atomic mass is 9.93. The fourth-order valence-corrected chi connectivity index (χ4v) is 4.68. The van der Waals surface area contributed by atoms with Crippen LogP contribution >= 0.6 is 0 Å². The van der Waals surface area contributed by atoms with Gasteiger partial charge in [-0.1, -0.05) is 90.4 Å². The molecule has 0 spiro atoms. The molecule has 0 aromatic carbocycles. The van der Waals surface area contributed by atoms with Crippen molar-refractivity contribution in [3.8, 4) is 0 Å². The standard InChI is InChI=1S/C24H50N.ClH/c1-4-5-6-7-8-9-10-11-12-13-14-15-16-20-23-25(2,3)24-21-18-17-19-22-24;/h24H,4-23H2,1-3H3;1H/q+1;/p-1. The first-order valence-corrected chi connectivity index (χ1v) is 12.0. The Morgan fingerprint density at radius 1 is 0.577 bits per heavy atom. The van der Waals surface area contributed by atoms with Crippen molar-refractivity contribution in [2.75, 3.05) is 20.6 Å². The maximum absolute atomic E-state index is 2.48. The van der Waals surface area contributed by atoms with E-state index in [1.165, 1.54) is 133 Å². The fourth-order valence-electron chi connectivity index (χ4n) is 4.68. The van der Waals surface area contributed by atoms with Gasteiger partial charge in [-0.2, -0.15) is 0 Å². The minimum Gasteiger partial charge on any atom is -1.00 e. The predicted octanol–water partition coefficient (Wildman–Crippen LogP) is 4.88. The Morgan fingerprint density at radius 3 is 1.38 bits per heavy atom. The first-order chi connectivity index (χ1) is 12.2. The van der Waals surface area contributed by atoms with E-state index in [-0.39, 0.29) is 12.4 Å². The second-order valence-corrected chi connectivity index (χ2v) is 9.39. The molecule has 0 N–H and O–H groups in total. The van der Waals surface area contributed by atoms with Gasteiger partial charge in [-0.05, 0) is 38.5 Å². The van der Waals surface area contributed by atoms with Crippen molar-refractivity contribution >= 4 is 0 Å². The second-order valence-electron chi connectivity index (χ2n) is 9.39. The molecule has 1 fully saturated rings. The summed E-state index contributed by atoms with van der Waals surface area (Å²) in [5.74, 6) is 0. The summed E-state index contributed by atoms with van der Waals surface area (Å²) in [6, 6.07) is 0.954. The third-order valence-corrected chi connectivity index (χ3v) is 6.65. The topological polar surface area (TPSA) is 0 Å². The molecule has 158 valence electrons. The van der Waals surface area contributed by atoms with Gasteiger partial charge < -0.3 is 16.9 Å². The van der Waals surface area contributed by atoms with Gasteiger partial charge in [0.2, 0.25) is 0 Å². The number of hydrogen-bond donors (Lipinski definition) is 0. The SMILES string of the molecule is CCCCCCCCCCCCCCCC[N+](C)(C)C1CCCCC1.[Cl-]. The van der Waals surface area contributed by atoms with Gasteiger partial charge in [-0.3, -0.25) is 0 Å². The van der Waals surface area contributed by atoms with Crippen molar-refractivity contribution in [2.45, 2.75) is 135 Å². The van der Waals surface area contributed by atoms with Crippen LogP contribution in [0.15, 0.2) is 0 Å². The smallest absolute Gasteiger partial charge is 0.0886 e. The van der Waals surface area contributed by atoms with E-state index in [4.69, 9.17) is 0 Å². The van der Waals surface area contributed by atoms with Crippen LogP contribution in [0.1, 0.15) is 129 Å². The van der Waals surface area contributed by atoms with Crippen molar-refractivity contribution in [1.82, 2.24) is 0 Å². The van der Waals surface area contributed by atoms with Gasteiger partial charge in [-0.25, -0.2) is 0 Å². The molecule has 0 radical (unpaired) electrons. The van der Waals surface area contributed by atoms with E-state index in [2.05, 4.69) is 21.0 Å². The molecule has 1 rings (SSSR count). The number of nitrogens with zero attached hydrogens (tertiary/aromatic N) is 1. The molecule has 0 aromatic heterocycles. The molecular weight excluding hydrogens is 338 g/mol. The summed E-state index contributed by atoms with van der Waals surface area (Å²) < 4.78 is 1.29. The Kier molecular flexibility index (Phi) is 17.5. The van der Waals surface area contributed by atoms with Crippen molar-refractivity contribution in [3.63, 3.8) is 0 Å². The maximum Gasteiger partial charge on any atom is 0.0886 e. The Morgan fingerprint density at radius 2 is 0.962 bits per heavy atom. The molecule has 0 aromatic rings. The zero-order valence-electron chi connectivity index (χ0n) is 18.5. The largest absolute Gasteiger partial charge is 1.00 e. The Bertz CT molecular complexity index is 284. The van der Waals surface area contributed by atoms with Crippen molar-refractivity contribution in [3.05, 3.63) is 0 Å². The fraction of sp³-hybridized carbons (Fsp3) is 1.00. The summed E-state index contributed by atoms with van der Waals surface area (Å²) in [5, 5.41) is 0. The number of halogens is 1. The number of unbranched alkanes of at least 4 members (excludes halogenated alkanes) is 13. The van der Waals surface area contributed by atoms with Crippen LogP contribution in [0, 0.1) is 0 Å². The molecule has 26 heavy (non-hydrogen) atoms. The molecular formula is C24H50ClN. The van der Waals surface area contributed by atoms with Gasteiger partial charge in [-0.15, -0.1) is 0 Å². The molecule has 1 aliphatic rings. The Balaban J connectivity index is 0.00000625. The zero-order valence-corrected chi connectivity index (χ0v) is 19.3. The first-order valence-electron chi connectivity index (χ1n) is 12.0. The van der Waals surface area contributed by atoms with Crippen LogP contribution in [0.2, 0.25) is 0 Å². The minimum atomic E-state index is 0. The molecule has 1 nitrogen and oxygen atoms in total. The summed E-state index contributed by atoms with van der Waals surface area (Å²) in [7, 11) is 4.97. The molecule has 0 bridgehead atoms. The van der Waals surface area contributed by atoms with Crippen LogP contribution < -0.4 is 12.4 Å². The first kappa shape index (κ1) is 26.2. The van der Waals surface area contributed by atoms with E-state index >= 15 is 0 Å². The van der Waals surface area contributed by atoms with Crippen LogP contribution in [-0.2, 0) is 0 Å². The molecule has 0 saturated heterocycles. The van der Waals surface area contributed by atoms with E-state index < -0.39 is 0 Å². The highest BCUT2D eigenvalue weighted by atomic mass is 35.5. The third kappa shape index (κ3) is 13.4. The molecule has 0 unspecified atom stereocenters. The van der Waals surface area contributed by atoms with E-state index in [1.807, 2.05) is 0 Å². The minimum absolute atomic E-state index is 0. The normalized spacial score (nSPS) is 15.8. The summed E-state index contributed by atoms with van der Waals surface area (Å²) in [5.41, 5.74) is 0. The van der Waals surface area contributed by atoms with Crippen LogP contribution in [0.3, 0.4) is 0 Å². The highest BCUT2D eigenvalue weighted by molar-refractivity contribution is 4.66. The lowest BCUT2D eigenvalue weighted by Gasteiger charge is -2.40. The zero-order chi connectivity index (χ0) is 18.2. The van der Waals surface area contributed by atoms with Crippen LogP contribution in [-0.4, -0.2) is 31.2 Å². The lowest BCUT2D eigenvalue weighted by molar-refractivity contribution is -0.916. The van der Waals surface area contributed by atoms with E-state index in [0.717, 1.165) is 6.04 Å². The lowest BCUT2D eigenvalue weighted by Crippen LogP contribution is -3.00. The molecule has 1 aliphatic carbocycles. The summed E-state index contributed by atoms with van der Waals surface area (Å²) in [4.78, 5) is 0. The van der Waals surface area contributed by atoms with Crippen LogP contribution in [0.4, 0.5) is 0 Å². The summed E-state index contributed by atoms with van der Waals surface area (Å²) in [6.45, 7) is 3.71. The number of quaternary nitrogens is 1. The average Bonchev–Trinajstić information content (AvgIpc) is 2.63. The quantitative estimate of drug-likeness (QED) is 0.261. The van der Waals surface area contributed by atoms with Gasteiger partial charge in [0, 0.05) is 0 Å². The predicted molar refractivity (Wildman–Crippen MR) is 114 cm³/mol. The highest BCUT2D eigenvalue weighted by Crippen LogP contribution is 2.26. The van der Waals surface area contributed by atoms with Gasteiger partial charge in [0.25, 0.3) is 0 Å². The number of hydrogen-bond acceptors (Lipinski definition) is 0. The Hall–Kier alpha value is 0.250. The molecule has 0 amide bonds.